The van der Waals surface area contributed by atoms with Gasteiger partial charge >= 0.3 is 12.6 Å². The van der Waals surface area contributed by atoms with Gasteiger partial charge in [0.15, 0.2) is 11.9 Å². The van der Waals surface area contributed by atoms with Gasteiger partial charge in [0.1, 0.15) is 5.75 Å². The zero-order valence-electron chi connectivity index (χ0n) is 10.1. The molecular weight excluding hydrogens is 298 g/mol. The molecule has 0 heterocycles. The molecule has 1 aromatic carbocycles. The highest BCUT2D eigenvalue weighted by molar-refractivity contribution is 6.27. The number of hydrogen-bond acceptors (Lipinski definition) is 4. The molecule has 20 heavy (non-hydrogen) atoms. The number of halogens is 3. The Morgan fingerprint density at radius 1 is 1.35 bits per heavy atom. The molecule has 8 heteroatoms. The molecular formula is C12H11ClF2O5. The normalized spacial score (nSPS) is 12.2. The van der Waals surface area contributed by atoms with E-state index >= 15 is 0 Å². The molecule has 0 bridgehead atoms. The number of hydrogen-bond donors (Lipinski definition) is 2. The third-order valence-electron chi connectivity index (χ3n) is 2.39. The number of rotatable bonds is 7. The van der Waals surface area contributed by atoms with E-state index in [4.69, 9.17) is 16.7 Å². The Morgan fingerprint density at radius 2 is 2.00 bits per heavy atom. The molecule has 0 aromatic heterocycles. The Hall–Kier alpha value is -1.73. The number of carbonyl (C=O) groups excluding carboxylic acids is 1. The van der Waals surface area contributed by atoms with Crippen LogP contribution in [0, 0.1) is 0 Å². The average Bonchev–Trinajstić information content (AvgIpc) is 2.39. The first-order chi connectivity index (χ1) is 9.35. The molecule has 110 valence electrons. The number of benzene rings is 1. The van der Waals surface area contributed by atoms with Crippen molar-refractivity contribution < 1.29 is 33.3 Å². The molecule has 0 saturated carbocycles. The first kappa shape index (κ1) is 16.3. The third-order valence-corrected chi connectivity index (χ3v) is 2.69. The van der Waals surface area contributed by atoms with E-state index in [-0.39, 0.29) is 29.2 Å². The first-order valence-electron chi connectivity index (χ1n) is 5.41. The monoisotopic (exact) mass is 308 g/mol. The Kier molecular flexibility index (Phi) is 5.84. The van der Waals surface area contributed by atoms with E-state index in [1.165, 1.54) is 0 Å². The summed E-state index contributed by atoms with van der Waals surface area (Å²) in [7, 11) is 0. The van der Waals surface area contributed by atoms with Gasteiger partial charge in [0.25, 0.3) is 0 Å². The smallest absolute Gasteiger partial charge is 0.387 e. The van der Waals surface area contributed by atoms with E-state index in [2.05, 4.69) is 4.74 Å². The highest BCUT2D eigenvalue weighted by Crippen LogP contribution is 2.26. The summed E-state index contributed by atoms with van der Waals surface area (Å²) < 4.78 is 28.7. The predicted octanol–water partition coefficient (Wildman–Crippen LogP) is 1.76. The molecule has 1 aromatic rings. The Morgan fingerprint density at radius 3 is 2.50 bits per heavy atom. The minimum absolute atomic E-state index is 0.0359. The number of aliphatic hydroxyl groups is 1. The fourth-order valence-electron chi connectivity index (χ4n) is 1.52. The zero-order chi connectivity index (χ0) is 15.3. The predicted molar refractivity (Wildman–Crippen MR) is 65.1 cm³/mol. The summed E-state index contributed by atoms with van der Waals surface area (Å²) >= 11 is 5.33. The van der Waals surface area contributed by atoms with Crippen molar-refractivity contribution in [3.05, 3.63) is 29.3 Å². The second kappa shape index (κ2) is 7.16. The fourth-order valence-corrected chi connectivity index (χ4v) is 1.62. The topological polar surface area (TPSA) is 83.8 Å². The van der Waals surface area contributed by atoms with E-state index in [9.17, 15) is 23.5 Å². The molecule has 1 atom stereocenters. The van der Waals surface area contributed by atoms with Crippen molar-refractivity contribution in [2.45, 2.75) is 19.1 Å². The second-order valence-electron chi connectivity index (χ2n) is 3.84. The SMILES string of the molecule is O=C(CCl)Cc1cc(C(O)C(=O)O)ccc1OC(F)F. The first-order valence-corrected chi connectivity index (χ1v) is 5.94. The largest absolute Gasteiger partial charge is 0.479 e. The van der Waals surface area contributed by atoms with E-state index in [1.807, 2.05) is 0 Å². The van der Waals surface area contributed by atoms with Crippen LogP contribution in [0.5, 0.6) is 5.75 Å². The molecule has 0 fully saturated rings. The van der Waals surface area contributed by atoms with Gasteiger partial charge in [0, 0.05) is 12.0 Å². The Labute approximate surface area is 117 Å². The molecule has 0 radical (unpaired) electrons. The second-order valence-corrected chi connectivity index (χ2v) is 4.10. The number of carboxylic acids is 1. The highest BCUT2D eigenvalue weighted by atomic mass is 35.5. The summed E-state index contributed by atoms with van der Waals surface area (Å²) in [6.45, 7) is -3.09. The van der Waals surface area contributed by atoms with Crippen LogP contribution in [0.1, 0.15) is 17.2 Å². The molecule has 2 N–H and O–H groups in total. The van der Waals surface area contributed by atoms with Crippen LogP contribution in [0.2, 0.25) is 0 Å². The molecule has 1 unspecified atom stereocenters. The van der Waals surface area contributed by atoms with Crippen LogP contribution in [-0.2, 0) is 16.0 Å². The van der Waals surface area contributed by atoms with Gasteiger partial charge < -0.3 is 14.9 Å². The van der Waals surface area contributed by atoms with Crippen molar-refractivity contribution >= 4 is 23.4 Å². The molecule has 0 aliphatic carbocycles. The van der Waals surface area contributed by atoms with Crippen molar-refractivity contribution in [2.24, 2.45) is 0 Å². The summed E-state index contributed by atoms with van der Waals surface area (Å²) in [5, 5.41) is 18.1. The minimum atomic E-state index is -3.09. The average molecular weight is 309 g/mol. The number of ketones is 1. The Balaban J connectivity index is 3.13. The molecule has 5 nitrogen and oxygen atoms in total. The molecule has 0 spiro atoms. The van der Waals surface area contributed by atoms with E-state index < -0.39 is 24.5 Å². The zero-order valence-corrected chi connectivity index (χ0v) is 10.8. The number of aliphatic hydroxyl groups excluding tert-OH is 1. The number of carboxylic acid groups (broad SMARTS) is 1. The van der Waals surface area contributed by atoms with Crippen molar-refractivity contribution in [2.75, 3.05) is 5.88 Å². The summed E-state index contributed by atoms with van der Waals surface area (Å²) in [6.07, 6.45) is -2.12. The lowest BCUT2D eigenvalue weighted by molar-refractivity contribution is -0.147. The van der Waals surface area contributed by atoms with Gasteiger partial charge in [0.2, 0.25) is 0 Å². The summed E-state index contributed by atoms with van der Waals surface area (Å²) in [6, 6.07) is 3.33. The Bertz CT molecular complexity index is 507. The third kappa shape index (κ3) is 4.43. The van der Waals surface area contributed by atoms with Gasteiger partial charge in [-0.25, -0.2) is 4.79 Å². The van der Waals surface area contributed by atoms with Crippen molar-refractivity contribution in [1.82, 2.24) is 0 Å². The minimum Gasteiger partial charge on any atom is -0.479 e. The van der Waals surface area contributed by atoms with Crippen molar-refractivity contribution in [3.63, 3.8) is 0 Å². The van der Waals surface area contributed by atoms with Crippen LogP contribution in [0.25, 0.3) is 0 Å². The number of aliphatic carboxylic acids is 1. The van der Waals surface area contributed by atoms with E-state index in [0.29, 0.717) is 0 Å². The van der Waals surface area contributed by atoms with Crippen LogP contribution in [0.3, 0.4) is 0 Å². The lowest BCUT2D eigenvalue weighted by Crippen LogP contribution is -2.13. The van der Waals surface area contributed by atoms with E-state index in [0.717, 1.165) is 18.2 Å². The standard InChI is InChI=1S/C12H11ClF2O5/c13-5-8(16)4-7-3-6(10(17)11(18)19)1-2-9(7)20-12(14)15/h1-3,10,12,17H,4-5H2,(H,18,19). The highest BCUT2D eigenvalue weighted by Gasteiger charge is 2.19. The van der Waals surface area contributed by atoms with Crippen LogP contribution in [0.15, 0.2) is 18.2 Å². The van der Waals surface area contributed by atoms with Gasteiger partial charge in [-0.1, -0.05) is 6.07 Å². The molecule has 0 saturated heterocycles. The van der Waals surface area contributed by atoms with Gasteiger partial charge in [-0.15, -0.1) is 11.6 Å². The lowest BCUT2D eigenvalue weighted by Gasteiger charge is -2.13. The number of Topliss-reactive ketones (excluding diaryl/α,β-unsaturated/α-hetero) is 1. The quantitative estimate of drug-likeness (QED) is 0.750. The summed E-state index contributed by atoms with van der Waals surface area (Å²) in [5.74, 6) is -2.53. The maximum atomic E-state index is 12.2. The molecule has 0 amide bonds. The van der Waals surface area contributed by atoms with Crippen LogP contribution >= 0.6 is 11.6 Å². The maximum absolute atomic E-state index is 12.2. The van der Waals surface area contributed by atoms with E-state index in [1.54, 1.807) is 0 Å². The van der Waals surface area contributed by atoms with Crippen LogP contribution in [0.4, 0.5) is 8.78 Å². The maximum Gasteiger partial charge on any atom is 0.387 e. The lowest BCUT2D eigenvalue weighted by atomic mass is 10.0. The fraction of sp³-hybridized carbons (Fsp3) is 0.333. The van der Waals surface area contributed by atoms with Crippen LogP contribution in [-0.4, -0.2) is 34.5 Å². The van der Waals surface area contributed by atoms with Crippen molar-refractivity contribution in [3.8, 4) is 5.75 Å². The molecule has 0 aliphatic rings. The summed E-state index contributed by atoms with van der Waals surface area (Å²) in [4.78, 5) is 21.9. The van der Waals surface area contributed by atoms with Crippen molar-refractivity contribution in [1.29, 1.82) is 0 Å². The number of ether oxygens (including phenoxy) is 1. The molecule has 1 rings (SSSR count). The van der Waals surface area contributed by atoms with Gasteiger partial charge in [0.05, 0.1) is 5.88 Å². The van der Waals surface area contributed by atoms with Gasteiger partial charge in [-0.2, -0.15) is 8.78 Å². The molecule has 0 aliphatic heterocycles. The van der Waals surface area contributed by atoms with Gasteiger partial charge in [-0.3, -0.25) is 4.79 Å². The number of carbonyl (C=O) groups is 2. The van der Waals surface area contributed by atoms with Gasteiger partial charge in [-0.05, 0) is 17.7 Å². The number of alkyl halides is 3. The summed E-state index contributed by atoms with van der Waals surface area (Å²) in [5.41, 5.74) is -0.00904. The van der Waals surface area contributed by atoms with Crippen LogP contribution < -0.4 is 4.74 Å².